The Morgan fingerprint density at radius 3 is 3.09 bits per heavy atom. The Bertz CT molecular complexity index is 671. The van der Waals surface area contributed by atoms with Gasteiger partial charge in [-0.1, -0.05) is 16.8 Å². The second-order valence-corrected chi connectivity index (χ2v) is 6.30. The lowest BCUT2D eigenvalue weighted by molar-refractivity contribution is -0.121. The molecule has 1 aliphatic rings. The molecule has 6 nitrogen and oxygen atoms in total. The Balaban J connectivity index is 1.56. The van der Waals surface area contributed by atoms with Crippen LogP contribution in [0, 0.1) is 12.8 Å². The molecule has 1 amide bonds. The summed E-state index contributed by atoms with van der Waals surface area (Å²) >= 11 is 5.80. The first-order valence-corrected chi connectivity index (χ1v) is 8.05. The van der Waals surface area contributed by atoms with Crippen LogP contribution in [0.2, 0.25) is 5.02 Å². The number of carbonyl (C=O) groups is 1. The Morgan fingerprint density at radius 2 is 2.39 bits per heavy atom. The van der Waals surface area contributed by atoms with Crippen LogP contribution in [0.3, 0.4) is 0 Å². The smallest absolute Gasteiger partial charge is 0.229 e. The molecule has 0 bridgehead atoms. The molecule has 122 valence electrons. The summed E-state index contributed by atoms with van der Waals surface area (Å²) < 4.78 is 5.25. The van der Waals surface area contributed by atoms with Gasteiger partial charge in [0.15, 0.2) is 5.76 Å². The molecule has 2 aromatic heterocycles. The zero-order chi connectivity index (χ0) is 16.2. The maximum atomic E-state index is 12.4. The molecular formula is C16H19ClN4O2. The minimum atomic E-state index is -0.0507. The number of carbonyl (C=O) groups excluding carboxylic acids is 1. The van der Waals surface area contributed by atoms with Gasteiger partial charge in [-0.15, -0.1) is 0 Å². The molecule has 0 aromatic carbocycles. The van der Waals surface area contributed by atoms with Crippen LogP contribution < -0.4 is 5.32 Å². The highest BCUT2D eigenvalue weighted by Crippen LogP contribution is 2.20. The van der Waals surface area contributed by atoms with Crippen LogP contribution in [-0.2, 0) is 11.3 Å². The van der Waals surface area contributed by atoms with Crippen molar-refractivity contribution >= 4 is 23.3 Å². The summed E-state index contributed by atoms with van der Waals surface area (Å²) in [5.41, 5.74) is 0.875. The summed E-state index contributed by atoms with van der Waals surface area (Å²) in [5, 5.41) is 7.31. The van der Waals surface area contributed by atoms with Crippen molar-refractivity contribution < 1.29 is 9.32 Å². The lowest BCUT2D eigenvalue weighted by atomic mass is 9.97. The van der Waals surface area contributed by atoms with Gasteiger partial charge in [0.2, 0.25) is 5.91 Å². The van der Waals surface area contributed by atoms with E-state index in [2.05, 4.69) is 20.4 Å². The minimum absolute atomic E-state index is 0.00160. The number of pyridine rings is 1. The Hall–Kier alpha value is -1.92. The molecule has 0 spiro atoms. The first kappa shape index (κ1) is 16.0. The van der Waals surface area contributed by atoms with E-state index in [1.54, 1.807) is 12.1 Å². The van der Waals surface area contributed by atoms with Gasteiger partial charge < -0.3 is 9.84 Å². The van der Waals surface area contributed by atoms with Gasteiger partial charge in [-0.05, 0) is 38.4 Å². The van der Waals surface area contributed by atoms with E-state index in [0.717, 1.165) is 30.8 Å². The fraction of sp³-hybridized carbons (Fsp3) is 0.438. The average molecular weight is 335 g/mol. The monoisotopic (exact) mass is 334 g/mol. The Morgan fingerprint density at radius 1 is 1.52 bits per heavy atom. The molecule has 0 unspecified atom stereocenters. The number of halogens is 1. The molecule has 23 heavy (non-hydrogen) atoms. The van der Waals surface area contributed by atoms with E-state index in [4.69, 9.17) is 16.1 Å². The normalized spacial score (nSPS) is 18.8. The van der Waals surface area contributed by atoms with Crippen LogP contribution in [0.1, 0.15) is 24.3 Å². The molecule has 1 atom stereocenters. The highest BCUT2D eigenvalue weighted by atomic mass is 35.5. The molecule has 1 saturated heterocycles. The predicted octanol–water partition coefficient (Wildman–Crippen LogP) is 2.88. The zero-order valence-corrected chi connectivity index (χ0v) is 13.7. The topological polar surface area (TPSA) is 71.3 Å². The van der Waals surface area contributed by atoms with E-state index in [9.17, 15) is 4.79 Å². The number of nitrogens with one attached hydrogen (secondary N) is 1. The molecule has 3 heterocycles. The number of amides is 1. The maximum absolute atomic E-state index is 12.4. The number of anilines is 1. The highest BCUT2D eigenvalue weighted by molar-refractivity contribution is 6.30. The van der Waals surface area contributed by atoms with E-state index < -0.39 is 0 Å². The number of piperidine rings is 1. The van der Waals surface area contributed by atoms with Crippen LogP contribution in [0.5, 0.6) is 0 Å². The molecule has 1 aliphatic heterocycles. The predicted molar refractivity (Wildman–Crippen MR) is 87.1 cm³/mol. The lowest BCUT2D eigenvalue weighted by Crippen LogP contribution is -2.40. The molecule has 1 N–H and O–H groups in total. The summed E-state index contributed by atoms with van der Waals surface area (Å²) in [4.78, 5) is 18.7. The van der Waals surface area contributed by atoms with E-state index >= 15 is 0 Å². The third-order valence-corrected chi connectivity index (χ3v) is 4.13. The average Bonchev–Trinajstić information content (AvgIpc) is 2.95. The van der Waals surface area contributed by atoms with Crippen LogP contribution >= 0.6 is 11.6 Å². The van der Waals surface area contributed by atoms with Crippen molar-refractivity contribution in [2.75, 3.05) is 18.4 Å². The van der Waals surface area contributed by atoms with Crippen molar-refractivity contribution in [3.8, 4) is 0 Å². The first-order chi connectivity index (χ1) is 11.1. The van der Waals surface area contributed by atoms with Gasteiger partial charge in [0, 0.05) is 18.8 Å². The van der Waals surface area contributed by atoms with Crippen LogP contribution in [0.25, 0.3) is 0 Å². The Kier molecular flexibility index (Phi) is 4.93. The van der Waals surface area contributed by atoms with Gasteiger partial charge in [0.05, 0.1) is 23.2 Å². The van der Waals surface area contributed by atoms with Crippen molar-refractivity contribution in [2.24, 2.45) is 5.92 Å². The van der Waals surface area contributed by atoms with E-state index in [0.29, 0.717) is 23.9 Å². The molecule has 7 heteroatoms. The number of aryl methyl sites for hydroxylation is 1. The largest absolute Gasteiger partial charge is 0.360 e. The standard InChI is InChI=1S/C16H19ClN4O2/c1-11-7-14(23-20-11)10-21-6-2-3-12(9-21)16(22)19-15-5-4-13(17)8-18-15/h4-5,7-8,12H,2-3,6,9-10H2,1H3,(H,18,19,22)/t12-/m1/s1. The highest BCUT2D eigenvalue weighted by Gasteiger charge is 2.26. The molecular weight excluding hydrogens is 316 g/mol. The van der Waals surface area contributed by atoms with Gasteiger partial charge in [-0.2, -0.15) is 0 Å². The van der Waals surface area contributed by atoms with Crippen molar-refractivity contribution in [1.29, 1.82) is 0 Å². The zero-order valence-electron chi connectivity index (χ0n) is 13.0. The SMILES string of the molecule is Cc1cc(CN2CCC[C@@H](C(=O)Nc3ccc(Cl)cn3)C2)on1. The summed E-state index contributed by atoms with van der Waals surface area (Å²) in [6.07, 6.45) is 3.39. The first-order valence-electron chi connectivity index (χ1n) is 7.67. The fourth-order valence-electron chi connectivity index (χ4n) is 2.80. The number of rotatable bonds is 4. The van der Waals surface area contributed by atoms with Crippen molar-refractivity contribution in [3.63, 3.8) is 0 Å². The third-order valence-electron chi connectivity index (χ3n) is 3.91. The summed E-state index contributed by atoms with van der Waals surface area (Å²) in [6.45, 7) is 4.25. The molecule has 0 aliphatic carbocycles. The van der Waals surface area contributed by atoms with Gasteiger partial charge in [-0.25, -0.2) is 4.98 Å². The Labute approximate surface area is 139 Å². The number of hydrogen-bond donors (Lipinski definition) is 1. The number of nitrogens with zero attached hydrogens (tertiary/aromatic N) is 3. The van der Waals surface area contributed by atoms with E-state index in [1.807, 2.05) is 13.0 Å². The number of hydrogen-bond acceptors (Lipinski definition) is 5. The van der Waals surface area contributed by atoms with Crippen molar-refractivity contribution in [2.45, 2.75) is 26.3 Å². The van der Waals surface area contributed by atoms with Crippen molar-refractivity contribution in [3.05, 3.63) is 40.9 Å². The lowest BCUT2D eigenvalue weighted by Gasteiger charge is -2.31. The van der Waals surface area contributed by atoms with E-state index in [1.165, 1.54) is 6.20 Å². The quantitative estimate of drug-likeness (QED) is 0.930. The van der Waals surface area contributed by atoms with Gasteiger partial charge in [0.1, 0.15) is 5.82 Å². The van der Waals surface area contributed by atoms with Gasteiger partial charge >= 0.3 is 0 Å². The summed E-state index contributed by atoms with van der Waals surface area (Å²) in [6, 6.07) is 5.35. The van der Waals surface area contributed by atoms with Crippen molar-refractivity contribution in [1.82, 2.24) is 15.0 Å². The van der Waals surface area contributed by atoms with Crippen LogP contribution in [0.4, 0.5) is 5.82 Å². The van der Waals surface area contributed by atoms with Crippen LogP contribution in [0.15, 0.2) is 28.9 Å². The second-order valence-electron chi connectivity index (χ2n) is 5.86. The van der Waals surface area contributed by atoms with Gasteiger partial charge in [0.25, 0.3) is 0 Å². The molecule has 0 radical (unpaired) electrons. The molecule has 0 saturated carbocycles. The third kappa shape index (κ3) is 4.30. The minimum Gasteiger partial charge on any atom is -0.360 e. The maximum Gasteiger partial charge on any atom is 0.229 e. The molecule has 1 fully saturated rings. The van der Waals surface area contributed by atoms with Gasteiger partial charge in [-0.3, -0.25) is 9.69 Å². The fourth-order valence-corrected chi connectivity index (χ4v) is 2.91. The number of likely N-dealkylation sites (tertiary alicyclic amines) is 1. The summed E-state index contributed by atoms with van der Waals surface area (Å²) in [7, 11) is 0. The van der Waals surface area contributed by atoms with Crippen LogP contribution in [-0.4, -0.2) is 34.0 Å². The summed E-state index contributed by atoms with van der Waals surface area (Å²) in [5.74, 6) is 1.31. The molecule has 2 aromatic rings. The number of aromatic nitrogens is 2. The second kappa shape index (κ2) is 7.10. The molecule has 3 rings (SSSR count). The van der Waals surface area contributed by atoms with E-state index in [-0.39, 0.29) is 11.8 Å².